The Morgan fingerprint density at radius 3 is 2.76 bits per heavy atom. The molecule has 0 amide bonds. The molecule has 0 unspecified atom stereocenters. The lowest BCUT2D eigenvalue weighted by atomic mass is 9.90. The van der Waals surface area contributed by atoms with Crippen LogP contribution in [0.25, 0.3) is 11.0 Å². The molecule has 0 saturated carbocycles. The van der Waals surface area contributed by atoms with Gasteiger partial charge in [-0.1, -0.05) is 33.1 Å². The van der Waals surface area contributed by atoms with Gasteiger partial charge in [-0.3, -0.25) is 9.88 Å². The number of hydrogen-bond acceptors (Lipinski definition) is 4. The molecule has 1 aliphatic carbocycles. The molecule has 1 atom stereocenters. The maximum absolute atomic E-state index is 5.75. The molecule has 0 aliphatic heterocycles. The van der Waals surface area contributed by atoms with Crippen molar-refractivity contribution in [3.05, 3.63) is 59.7 Å². The Labute approximate surface area is 176 Å². The zero-order valence-corrected chi connectivity index (χ0v) is 16.1. The first-order chi connectivity index (χ1) is 13.3. The fourth-order valence-corrected chi connectivity index (χ4v) is 4.26. The molecule has 1 aromatic carbocycles. The minimum Gasteiger partial charge on any atom is -0.330 e. The van der Waals surface area contributed by atoms with E-state index >= 15 is 0 Å². The van der Waals surface area contributed by atoms with E-state index in [0.717, 1.165) is 56.7 Å². The van der Waals surface area contributed by atoms with Crippen LogP contribution in [0, 0.1) is 0 Å². The van der Waals surface area contributed by atoms with Gasteiger partial charge in [-0.05, 0) is 69.0 Å². The van der Waals surface area contributed by atoms with E-state index in [2.05, 4.69) is 52.9 Å². The van der Waals surface area contributed by atoms with Gasteiger partial charge < -0.3 is 10.3 Å². The molecule has 158 valence electrons. The van der Waals surface area contributed by atoms with Crippen LogP contribution in [0.5, 0.6) is 0 Å². The van der Waals surface area contributed by atoms with Crippen molar-refractivity contribution in [2.24, 2.45) is 12.8 Å². The third kappa shape index (κ3) is 4.85. The van der Waals surface area contributed by atoms with Gasteiger partial charge in [-0.15, -0.1) is 0 Å². The standard InChI is InChI=1S/C22H29N5.2CH4/c1-26-19-11-3-2-10-18(19)25-21(26)16-27(15-5-4-13-23)20-12-6-8-17-9-7-14-24-22(17)20;;/h2-3,7,9-11,14,20H,4-6,8,12-13,15-16,23H2,1H3;2*1H4/t20-;;/m0../s1. The van der Waals surface area contributed by atoms with Crippen LogP contribution in [0.3, 0.4) is 0 Å². The Morgan fingerprint density at radius 2 is 1.97 bits per heavy atom. The van der Waals surface area contributed by atoms with Crippen LogP contribution < -0.4 is 5.73 Å². The predicted molar refractivity (Wildman–Crippen MR) is 123 cm³/mol. The molecule has 0 radical (unpaired) electrons. The molecule has 0 fully saturated rings. The average Bonchev–Trinajstić information content (AvgIpc) is 3.03. The van der Waals surface area contributed by atoms with E-state index in [9.17, 15) is 0 Å². The van der Waals surface area contributed by atoms with Gasteiger partial charge in [0.05, 0.1) is 29.3 Å². The van der Waals surface area contributed by atoms with Crippen molar-refractivity contribution in [3.8, 4) is 0 Å². The Hall–Kier alpha value is -2.24. The van der Waals surface area contributed by atoms with E-state index in [1.807, 2.05) is 6.20 Å². The van der Waals surface area contributed by atoms with Crippen LogP contribution >= 0.6 is 0 Å². The molecule has 5 heteroatoms. The summed E-state index contributed by atoms with van der Waals surface area (Å²) in [5.74, 6) is 1.12. The zero-order chi connectivity index (χ0) is 18.6. The van der Waals surface area contributed by atoms with Crippen molar-refractivity contribution in [3.63, 3.8) is 0 Å². The number of rotatable bonds is 7. The summed E-state index contributed by atoms with van der Waals surface area (Å²) in [6.45, 7) is 2.62. The second-order valence-electron chi connectivity index (χ2n) is 7.50. The van der Waals surface area contributed by atoms with Crippen LogP contribution in [0.15, 0.2) is 42.6 Å². The first-order valence-electron chi connectivity index (χ1n) is 10.1. The van der Waals surface area contributed by atoms with Gasteiger partial charge >= 0.3 is 0 Å². The number of para-hydroxylation sites is 2. The van der Waals surface area contributed by atoms with Crippen LogP contribution in [0.2, 0.25) is 0 Å². The van der Waals surface area contributed by atoms with Crippen molar-refractivity contribution in [1.29, 1.82) is 0 Å². The number of aryl methyl sites for hydroxylation is 2. The van der Waals surface area contributed by atoms with E-state index in [4.69, 9.17) is 15.7 Å². The van der Waals surface area contributed by atoms with Crippen molar-refractivity contribution in [2.75, 3.05) is 13.1 Å². The molecule has 2 aromatic heterocycles. The summed E-state index contributed by atoms with van der Waals surface area (Å²) in [5.41, 5.74) is 10.7. The van der Waals surface area contributed by atoms with E-state index in [1.165, 1.54) is 23.2 Å². The number of benzene rings is 1. The first-order valence-corrected chi connectivity index (χ1v) is 10.1. The topological polar surface area (TPSA) is 60.0 Å². The lowest BCUT2D eigenvalue weighted by Gasteiger charge is -2.35. The number of fused-ring (bicyclic) bond motifs is 2. The first kappa shape index (κ1) is 23.0. The molecule has 2 N–H and O–H groups in total. The molecule has 5 nitrogen and oxygen atoms in total. The fraction of sp³-hybridized carbons (Fsp3) is 0.500. The molecule has 29 heavy (non-hydrogen) atoms. The van der Waals surface area contributed by atoms with Gasteiger partial charge in [0, 0.05) is 13.2 Å². The predicted octanol–water partition coefficient (Wildman–Crippen LogP) is 4.86. The summed E-state index contributed by atoms with van der Waals surface area (Å²) in [7, 11) is 2.12. The second-order valence-corrected chi connectivity index (χ2v) is 7.50. The SMILES string of the molecule is C.C.Cn1c(CN(CCCCN)[C@H]2CCCc3cccnc32)nc2ccccc21. The highest BCUT2D eigenvalue weighted by Gasteiger charge is 2.28. The lowest BCUT2D eigenvalue weighted by molar-refractivity contribution is 0.158. The summed E-state index contributed by atoms with van der Waals surface area (Å²) in [6.07, 6.45) is 7.63. The second kappa shape index (κ2) is 10.5. The molecule has 0 spiro atoms. The average molecular weight is 396 g/mol. The smallest absolute Gasteiger partial charge is 0.123 e. The molecule has 0 bridgehead atoms. The molecule has 1 aliphatic rings. The molecular weight excluding hydrogens is 358 g/mol. The molecule has 4 rings (SSSR count). The number of imidazole rings is 1. The maximum Gasteiger partial charge on any atom is 0.123 e. The Bertz CT molecular complexity index is 901. The minimum absolute atomic E-state index is 0. The zero-order valence-electron chi connectivity index (χ0n) is 16.1. The highest BCUT2D eigenvalue weighted by molar-refractivity contribution is 5.75. The number of aromatic nitrogens is 3. The van der Waals surface area contributed by atoms with Gasteiger partial charge in [0.2, 0.25) is 0 Å². The molecule has 2 heterocycles. The van der Waals surface area contributed by atoms with Crippen LogP contribution in [0.4, 0.5) is 0 Å². The largest absolute Gasteiger partial charge is 0.330 e. The monoisotopic (exact) mass is 395 g/mol. The highest BCUT2D eigenvalue weighted by atomic mass is 15.2. The summed E-state index contributed by atoms with van der Waals surface area (Å²) < 4.78 is 2.23. The van der Waals surface area contributed by atoms with E-state index in [1.54, 1.807) is 0 Å². The Kier molecular flexibility index (Phi) is 8.35. The van der Waals surface area contributed by atoms with Gasteiger partial charge in [0.1, 0.15) is 5.82 Å². The number of pyridine rings is 1. The van der Waals surface area contributed by atoms with Gasteiger partial charge in [-0.2, -0.15) is 0 Å². The van der Waals surface area contributed by atoms with Crippen LogP contribution in [-0.2, 0) is 20.0 Å². The maximum atomic E-state index is 5.75. The van der Waals surface area contributed by atoms with Crippen LogP contribution in [-0.4, -0.2) is 32.5 Å². The molecular formula is C24H37N5. The number of hydrogen-bond donors (Lipinski definition) is 1. The fourth-order valence-electron chi connectivity index (χ4n) is 4.26. The van der Waals surface area contributed by atoms with Crippen molar-refractivity contribution >= 4 is 11.0 Å². The van der Waals surface area contributed by atoms with Crippen molar-refractivity contribution in [2.45, 2.75) is 59.5 Å². The van der Waals surface area contributed by atoms with Crippen molar-refractivity contribution < 1.29 is 0 Å². The van der Waals surface area contributed by atoms with Crippen LogP contribution in [0.1, 0.15) is 63.7 Å². The quantitative estimate of drug-likeness (QED) is 0.581. The Morgan fingerprint density at radius 1 is 1.14 bits per heavy atom. The number of unbranched alkanes of at least 4 members (excludes halogenated alkanes) is 1. The van der Waals surface area contributed by atoms with Gasteiger partial charge in [0.15, 0.2) is 0 Å². The third-order valence-electron chi connectivity index (χ3n) is 5.73. The van der Waals surface area contributed by atoms with Gasteiger partial charge in [-0.25, -0.2) is 4.98 Å². The number of nitrogens with zero attached hydrogens (tertiary/aromatic N) is 4. The van der Waals surface area contributed by atoms with Gasteiger partial charge in [0.25, 0.3) is 0 Å². The third-order valence-corrected chi connectivity index (χ3v) is 5.73. The number of nitrogens with two attached hydrogens (primary N) is 1. The Balaban J connectivity index is 0.00000150. The minimum atomic E-state index is 0. The molecule has 3 aromatic rings. The summed E-state index contributed by atoms with van der Waals surface area (Å²) in [6, 6.07) is 13.0. The summed E-state index contributed by atoms with van der Waals surface area (Å²) >= 11 is 0. The highest BCUT2D eigenvalue weighted by Crippen LogP contribution is 2.34. The summed E-state index contributed by atoms with van der Waals surface area (Å²) in [5, 5.41) is 0. The lowest BCUT2D eigenvalue weighted by Crippen LogP contribution is -2.33. The normalized spacial score (nSPS) is 15.6. The van der Waals surface area contributed by atoms with E-state index in [-0.39, 0.29) is 14.9 Å². The van der Waals surface area contributed by atoms with E-state index in [0.29, 0.717) is 6.04 Å². The molecule has 0 saturated heterocycles. The summed E-state index contributed by atoms with van der Waals surface area (Å²) in [4.78, 5) is 12.2. The van der Waals surface area contributed by atoms with Crippen molar-refractivity contribution in [1.82, 2.24) is 19.4 Å². The van der Waals surface area contributed by atoms with E-state index < -0.39 is 0 Å².